The van der Waals surface area contributed by atoms with Crippen molar-refractivity contribution in [2.45, 2.75) is 85.0 Å². The standard InChI is InChI=1S/C30H41NO6/c1-6-7-8-9-13-22-14-16-23(17-15-22)20-30(3,4)27(33)26-24(32)19-25(37-28(26)34)21(2)12-10-11-18-31-29(35)36-5/h11,14-19,21,32H,6-10,12-13,20H2,1-5H3,(H,31,35)/b18-11+. The monoisotopic (exact) mass is 511 g/mol. The Balaban J connectivity index is 2.04. The molecule has 1 atom stereocenters. The molecule has 0 spiro atoms. The van der Waals surface area contributed by atoms with Crippen molar-refractivity contribution < 1.29 is 23.8 Å². The summed E-state index contributed by atoms with van der Waals surface area (Å²) in [5.41, 5.74) is 0.238. The summed E-state index contributed by atoms with van der Waals surface area (Å²) in [6.45, 7) is 7.61. The number of alkyl carbamates (subject to hydrolysis) is 1. The van der Waals surface area contributed by atoms with Gasteiger partial charge in [-0.2, -0.15) is 0 Å². The van der Waals surface area contributed by atoms with E-state index in [1.807, 2.05) is 19.1 Å². The highest BCUT2D eigenvalue weighted by atomic mass is 16.5. The molecule has 0 saturated carbocycles. The quantitative estimate of drug-likeness (QED) is 0.217. The van der Waals surface area contributed by atoms with E-state index in [1.165, 1.54) is 50.6 Å². The van der Waals surface area contributed by atoms with Crippen LogP contribution in [0.2, 0.25) is 0 Å². The number of benzene rings is 1. The maximum absolute atomic E-state index is 13.3. The van der Waals surface area contributed by atoms with Gasteiger partial charge in [0.05, 0.1) is 7.11 Å². The van der Waals surface area contributed by atoms with Crippen molar-refractivity contribution in [3.8, 4) is 5.75 Å². The molecule has 1 unspecified atom stereocenters. The molecule has 1 heterocycles. The van der Waals surface area contributed by atoms with Crippen molar-refractivity contribution in [2.24, 2.45) is 5.41 Å². The molecule has 2 N–H and O–H groups in total. The lowest BCUT2D eigenvalue weighted by atomic mass is 9.79. The topological polar surface area (TPSA) is 106 Å². The van der Waals surface area contributed by atoms with Gasteiger partial charge < -0.3 is 14.3 Å². The molecule has 0 bridgehead atoms. The molecule has 2 rings (SSSR count). The lowest BCUT2D eigenvalue weighted by Crippen LogP contribution is -2.31. The third kappa shape index (κ3) is 9.23. The Kier molecular flexibility index (Phi) is 11.6. The van der Waals surface area contributed by atoms with E-state index in [2.05, 4.69) is 29.1 Å². The molecule has 1 aromatic heterocycles. The minimum absolute atomic E-state index is 0.181. The molecule has 7 nitrogen and oxygen atoms in total. The van der Waals surface area contributed by atoms with E-state index in [4.69, 9.17) is 4.42 Å². The van der Waals surface area contributed by atoms with E-state index in [0.717, 1.165) is 12.0 Å². The van der Waals surface area contributed by atoms with E-state index >= 15 is 0 Å². The van der Waals surface area contributed by atoms with Crippen LogP contribution in [0.4, 0.5) is 4.79 Å². The van der Waals surface area contributed by atoms with Crippen LogP contribution in [0.25, 0.3) is 0 Å². The maximum atomic E-state index is 13.3. The molecular weight excluding hydrogens is 470 g/mol. The van der Waals surface area contributed by atoms with Crippen LogP contribution in [0.3, 0.4) is 0 Å². The lowest BCUT2D eigenvalue weighted by molar-refractivity contribution is 0.0829. The lowest BCUT2D eigenvalue weighted by Gasteiger charge is -2.23. The first-order chi connectivity index (χ1) is 17.6. The van der Waals surface area contributed by atoms with Gasteiger partial charge in [0.1, 0.15) is 17.1 Å². The summed E-state index contributed by atoms with van der Waals surface area (Å²) in [6.07, 6.45) is 10.2. The molecule has 37 heavy (non-hydrogen) atoms. The second-order valence-electron chi connectivity index (χ2n) is 10.2. The number of ether oxygens (including phenoxy) is 1. The normalized spacial score (nSPS) is 12.5. The predicted octanol–water partition coefficient (Wildman–Crippen LogP) is 6.67. The van der Waals surface area contributed by atoms with Gasteiger partial charge in [0.15, 0.2) is 5.78 Å². The Labute approximate surface area is 219 Å². The zero-order valence-corrected chi connectivity index (χ0v) is 22.8. The smallest absolute Gasteiger partial charge is 0.410 e. The fourth-order valence-electron chi connectivity index (χ4n) is 4.22. The van der Waals surface area contributed by atoms with Gasteiger partial charge in [-0.3, -0.25) is 10.1 Å². The highest BCUT2D eigenvalue weighted by Crippen LogP contribution is 2.31. The molecule has 2 aromatic rings. The molecule has 0 aliphatic rings. The van der Waals surface area contributed by atoms with Crippen LogP contribution >= 0.6 is 0 Å². The summed E-state index contributed by atoms with van der Waals surface area (Å²) in [5.74, 6) is -0.681. The Morgan fingerprint density at radius 2 is 1.81 bits per heavy atom. The van der Waals surface area contributed by atoms with Crippen molar-refractivity contribution in [2.75, 3.05) is 7.11 Å². The van der Waals surface area contributed by atoms with E-state index in [-0.39, 0.29) is 17.2 Å². The van der Waals surface area contributed by atoms with Crippen LogP contribution in [-0.4, -0.2) is 24.1 Å². The average molecular weight is 512 g/mol. The Hall–Kier alpha value is -3.35. The zero-order chi connectivity index (χ0) is 27.4. The van der Waals surface area contributed by atoms with E-state index in [1.54, 1.807) is 19.9 Å². The SMILES string of the molecule is CCCCCCc1ccc(CC(C)(C)C(=O)c2c(O)cc(C(C)CC/C=C/NC(=O)OC)oc2=O)cc1. The molecule has 0 fully saturated rings. The van der Waals surface area contributed by atoms with Gasteiger partial charge in [0, 0.05) is 23.6 Å². The summed E-state index contributed by atoms with van der Waals surface area (Å²) in [4.78, 5) is 37.1. The molecule has 0 aliphatic carbocycles. The first kappa shape index (κ1) is 29.9. The van der Waals surface area contributed by atoms with Gasteiger partial charge in [0.25, 0.3) is 0 Å². The molecule has 0 radical (unpaired) electrons. The molecule has 0 saturated heterocycles. The maximum Gasteiger partial charge on any atom is 0.410 e. The number of ketones is 1. The first-order valence-electron chi connectivity index (χ1n) is 13.1. The fraction of sp³-hybridized carbons (Fsp3) is 0.500. The highest BCUT2D eigenvalue weighted by Gasteiger charge is 2.34. The van der Waals surface area contributed by atoms with E-state index in [9.17, 15) is 19.5 Å². The zero-order valence-electron chi connectivity index (χ0n) is 22.8. The second kappa shape index (κ2) is 14.4. The van der Waals surface area contributed by atoms with Crippen LogP contribution < -0.4 is 10.9 Å². The number of rotatable bonds is 14. The number of allylic oxidation sites excluding steroid dienone is 1. The number of nitrogens with one attached hydrogen (secondary N) is 1. The van der Waals surface area contributed by atoms with Crippen molar-refractivity contribution in [3.63, 3.8) is 0 Å². The molecular formula is C30H41NO6. The van der Waals surface area contributed by atoms with Gasteiger partial charge in [-0.1, -0.05) is 77.3 Å². The third-order valence-corrected chi connectivity index (χ3v) is 6.54. The largest absolute Gasteiger partial charge is 0.507 e. The van der Waals surface area contributed by atoms with E-state index in [0.29, 0.717) is 25.0 Å². The minimum Gasteiger partial charge on any atom is -0.507 e. The summed E-state index contributed by atoms with van der Waals surface area (Å²) in [5, 5.41) is 13.1. The number of carbonyl (C=O) groups is 2. The highest BCUT2D eigenvalue weighted by molar-refractivity contribution is 6.02. The van der Waals surface area contributed by atoms with Gasteiger partial charge >= 0.3 is 11.7 Å². The molecule has 0 aliphatic heterocycles. The van der Waals surface area contributed by atoms with Crippen LogP contribution in [0.1, 0.15) is 99.4 Å². The van der Waals surface area contributed by atoms with Crippen LogP contribution in [0, 0.1) is 5.41 Å². The number of hydrogen-bond acceptors (Lipinski definition) is 6. The summed E-state index contributed by atoms with van der Waals surface area (Å²) in [7, 11) is 1.28. The van der Waals surface area contributed by atoms with Gasteiger partial charge in [0.2, 0.25) is 0 Å². The van der Waals surface area contributed by atoms with Crippen molar-refractivity contribution in [1.82, 2.24) is 5.32 Å². The fourth-order valence-corrected chi connectivity index (χ4v) is 4.22. The number of Topliss-reactive ketones (excluding diaryl/α,β-unsaturated/α-hetero) is 1. The number of amides is 1. The Morgan fingerprint density at radius 1 is 1.14 bits per heavy atom. The molecule has 1 amide bonds. The third-order valence-electron chi connectivity index (χ3n) is 6.54. The van der Waals surface area contributed by atoms with Crippen molar-refractivity contribution in [1.29, 1.82) is 0 Å². The number of aromatic hydroxyl groups is 1. The summed E-state index contributed by atoms with van der Waals surface area (Å²) in [6, 6.07) is 9.63. The molecule has 1 aromatic carbocycles. The summed E-state index contributed by atoms with van der Waals surface area (Å²) < 4.78 is 9.93. The van der Waals surface area contributed by atoms with Crippen molar-refractivity contribution >= 4 is 11.9 Å². The number of methoxy groups -OCH3 is 1. The summed E-state index contributed by atoms with van der Waals surface area (Å²) >= 11 is 0. The van der Waals surface area contributed by atoms with Crippen LogP contribution in [0.15, 0.2) is 51.8 Å². The van der Waals surface area contributed by atoms with Gasteiger partial charge in [-0.05, 0) is 43.2 Å². The molecule has 202 valence electrons. The minimum atomic E-state index is -0.903. The predicted molar refractivity (Wildman–Crippen MR) is 145 cm³/mol. The number of unbranched alkanes of at least 4 members (excludes halogenated alkanes) is 3. The number of carbonyl (C=O) groups excluding carboxylic acids is 2. The average Bonchev–Trinajstić information content (AvgIpc) is 2.86. The van der Waals surface area contributed by atoms with Crippen LogP contribution in [0.5, 0.6) is 5.75 Å². The van der Waals surface area contributed by atoms with Crippen LogP contribution in [-0.2, 0) is 17.6 Å². The first-order valence-corrected chi connectivity index (χ1v) is 13.1. The van der Waals surface area contributed by atoms with E-state index < -0.39 is 22.9 Å². The second-order valence-corrected chi connectivity index (χ2v) is 10.2. The molecule has 7 heteroatoms. The van der Waals surface area contributed by atoms with Gasteiger partial charge in [-0.15, -0.1) is 0 Å². The number of aryl methyl sites for hydroxylation is 1. The Bertz CT molecular complexity index is 1110. The Morgan fingerprint density at radius 3 is 2.43 bits per heavy atom. The number of hydrogen-bond donors (Lipinski definition) is 2. The van der Waals surface area contributed by atoms with Crippen molar-refractivity contribution in [3.05, 3.63) is 75.5 Å². The van der Waals surface area contributed by atoms with Gasteiger partial charge in [-0.25, -0.2) is 9.59 Å².